The maximum atomic E-state index is 3.74. The Bertz CT molecular complexity index is 955. The topological polar surface area (TPSA) is 3.24 Å². The van der Waals surface area contributed by atoms with E-state index in [2.05, 4.69) is 118 Å². The average Bonchev–Trinajstić information content (AvgIpc) is 3.20. The fraction of sp³-hybridized carbons (Fsp3) is 0.185. The van der Waals surface area contributed by atoms with Crippen LogP contribution in [-0.2, 0) is 5.54 Å². The van der Waals surface area contributed by atoms with Crippen molar-refractivity contribution in [3.05, 3.63) is 129 Å². The molecule has 2 heteroatoms. The van der Waals surface area contributed by atoms with Gasteiger partial charge in [0, 0.05) is 13.1 Å². The molecule has 2 aliphatic rings. The minimum atomic E-state index is -0.318. The zero-order chi connectivity index (χ0) is 19.7. The second-order valence-corrected chi connectivity index (χ2v) is 8.90. The van der Waals surface area contributed by atoms with Crippen LogP contribution in [0.4, 0.5) is 0 Å². The highest BCUT2D eigenvalue weighted by molar-refractivity contribution is 9.11. The SMILES string of the molecule is BrC1=CC2=C(CC1)CN(C(c1ccccc1)(c1ccccc1)c1ccccc1)C2. The molecule has 3 aromatic rings. The van der Waals surface area contributed by atoms with Gasteiger partial charge in [-0.15, -0.1) is 0 Å². The molecule has 0 bridgehead atoms. The van der Waals surface area contributed by atoms with E-state index in [0.717, 1.165) is 25.9 Å². The van der Waals surface area contributed by atoms with E-state index in [-0.39, 0.29) is 5.54 Å². The first-order valence-corrected chi connectivity index (χ1v) is 11.1. The lowest BCUT2D eigenvalue weighted by Crippen LogP contribution is -2.47. The number of halogens is 1. The van der Waals surface area contributed by atoms with E-state index in [4.69, 9.17) is 0 Å². The van der Waals surface area contributed by atoms with Crippen LogP contribution in [0.3, 0.4) is 0 Å². The number of allylic oxidation sites excluding steroid dienone is 1. The molecule has 0 aromatic heterocycles. The van der Waals surface area contributed by atoms with Crippen molar-refractivity contribution in [3.63, 3.8) is 0 Å². The van der Waals surface area contributed by atoms with Crippen molar-refractivity contribution < 1.29 is 0 Å². The van der Waals surface area contributed by atoms with Gasteiger partial charge in [-0.05, 0) is 45.7 Å². The van der Waals surface area contributed by atoms with Crippen LogP contribution in [0.25, 0.3) is 0 Å². The van der Waals surface area contributed by atoms with E-state index in [1.165, 1.54) is 26.7 Å². The van der Waals surface area contributed by atoms with Crippen molar-refractivity contribution in [3.8, 4) is 0 Å². The third-order valence-electron chi connectivity index (χ3n) is 6.24. The third kappa shape index (κ3) is 3.21. The molecule has 0 fully saturated rings. The van der Waals surface area contributed by atoms with Crippen LogP contribution >= 0.6 is 15.9 Å². The summed E-state index contributed by atoms with van der Waals surface area (Å²) >= 11 is 3.74. The van der Waals surface area contributed by atoms with Crippen molar-refractivity contribution in [2.24, 2.45) is 0 Å². The van der Waals surface area contributed by atoms with Gasteiger partial charge in [0.2, 0.25) is 0 Å². The van der Waals surface area contributed by atoms with Crippen molar-refractivity contribution in [2.75, 3.05) is 13.1 Å². The smallest absolute Gasteiger partial charge is 0.0978 e. The van der Waals surface area contributed by atoms with Gasteiger partial charge in [-0.3, -0.25) is 4.90 Å². The highest BCUT2D eigenvalue weighted by Crippen LogP contribution is 2.46. The lowest BCUT2D eigenvalue weighted by atomic mass is 9.75. The maximum Gasteiger partial charge on any atom is 0.0978 e. The molecular formula is C27H24BrN. The van der Waals surface area contributed by atoms with Crippen molar-refractivity contribution >= 4 is 15.9 Å². The van der Waals surface area contributed by atoms with E-state index in [0.29, 0.717) is 0 Å². The van der Waals surface area contributed by atoms with E-state index in [9.17, 15) is 0 Å². The van der Waals surface area contributed by atoms with Crippen LogP contribution in [0.5, 0.6) is 0 Å². The zero-order valence-electron chi connectivity index (χ0n) is 16.4. The number of hydrogen-bond donors (Lipinski definition) is 0. The first kappa shape index (κ1) is 18.6. The lowest BCUT2D eigenvalue weighted by Gasteiger charge is -2.44. The van der Waals surface area contributed by atoms with Gasteiger partial charge in [-0.1, -0.05) is 112 Å². The first-order valence-electron chi connectivity index (χ1n) is 10.3. The predicted molar refractivity (Wildman–Crippen MR) is 124 cm³/mol. The molecule has 1 nitrogen and oxygen atoms in total. The van der Waals surface area contributed by atoms with Crippen LogP contribution < -0.4 is 0 Å². The Morgan fingerprint density at radius 3 is 1.59 bits per heavy atom. The van der Waals surface area contributed by atoms with Gasteiger partial charge in [0.15, 0.2) is 0 Å². The van der Waals surface area contributed by atoms with E-state index < -0.39 is 0 Å². The molecule has 0 saturated carbocycles. The van der Waals surface area contributed by atoms with Gasteiger partial charge < -0.3 is 0 Å². The Balaban J connectivity index is 1.74. The van der Waals surface area contributed by atoms with Crippen molar-refractivity contribution in [2.45, 2.75) is 18.4 Å². The maximum absolute atomic E-state index is 3.74. The van der Waals surface area contributed by atoms with Gasteiger partial charge in [0.05, 0.1) is 5.54 Å². The molecule has 0 spiro atoms. The predicted octanol–water partition coefficient (Wildman–Crippen LogP) is 6.66. The number of hydrogen-bond acceptors (Lipinski definition) is 1. The first-order chi connectivity index (χ1) is 14.3. The molecule has 0 atom stereocenters. The summed E-state index contributed by atoms with van der Waals surface area (Å²) in [5.74, 6) is 0. The largest absolute Gasteiger partial charge is 0.278 e. The third-order valence-corrected chi connectivity index (χ3v) is 6.87. The Kier molecular flexibility index (Phi) is 4.99. The molecule has 29 heavy (non-hydrogen) atoms. The average molecular weight is 442 g/mol. The Labute approximate surface area is 181 Å². The van der Waals surface area contributed by atoms with Crippen LogP contribution in [-0.4, -0.2) is 18.0 Å². The van der Waals surface area contributed by atoms with Gasteiger partial charge in [-0.2, -0.15) is 0 Å². The molecule has 0 N–H and O–H groups in total. The molecule has 144 valence electrons. The molecule has 0 amide bonds. The monoisotopic (exact) mass is 441 g/mol. The van der Waals surface area contributed by atoms with Crippen LogP contribution in [0.15, 0.2) is 113 Å². The second kappa shape index (κ2) is 7.78. The van der Waals surface area contributed by atoms with Gasteiger partial charge in [0.1, 0.15) is 0 Å². The standard InChI is InChI=1S/C27H24BrN/c28-26-17-16-21-19-29(20-22(21)18-26)27(23-10-4-1-5-11-23,24-12-6-2-7-13-24)25-14-8-3-9-15-25/h1-15,18H,16-17,19-20H2. The van der Waals surface area contributed by atoms with Gasteiger partial charge >= 0.3 is 0 Å². The van der Waals surface area contributed by atoms with Crippen LogP contribution in [0, 0.1) is 0 Å². The lowest BCUT2D eigenvalue weighted by molar-refractivity contribution is 0.203. The molecule has 1 aliphatic carbocycles. The Hall–Kier alpha value is -2.42. The summed E-state index contributed by atoms with van der Waals surface area (Å²) in [6.45, 7) is 1.97. The highest BCUT2D eigenvalue weighted by atomic mass is 79.9. The normalized spacial score (nSPS) is 17.2. The summed E-state index contributed by atoms with van der Waals surface area (Å²) in [7, 11) is 0. The summed E-state index contributed by atoms with van der Waals surface area (Å²) in [4.78, 5) is 2.67. The van der Waals surface area contributed by atoms with Crippen molar-refractivity contribution in [1.82, 2.24) is 4.90 Å². The molecule has 0 saturated heterocycles. The summed E-state index contributed by atoms with van der Waals surface area (Å²) in [5.41, 5.74) is 6.71. The highest BCUT2D eigenvalue weighted by Gasteiger charge is 2.44. The summed E-state index contributed by atoms with van der Waals surface area (Å²) in [6, 6.07) is 33.0. The molecule has 1 heterocycles. The summed E-state index contributed by atoms with van der Waals surface area (Å²) in [5, 5.41) is 0. The molecular weight excluding hydrogens is 418 g/mol. The minimum Gasteiger partial charge on any atom is -0.278 e. The van der Waals surface area contributed by atoms with Gasteiger partial charge in [-0.25, -0.2) is 0 Å². The fourth-order valence-corrected chi connectivity index (χ4v) is 5.42. The fourth-order valence-electron chi connectivity index (χ4n) is 4.95. The summed E-state index contributed by atoms with van der Waals surface area (Å²) in [6.07, 6.45) is 4.61. The number of rotatable bonds is 4. The quantitative estimate of drug-likeness (QED) is 0.408. The second-order valence-electron chi connectivity index (χ2n) is 7.88. The summed E-state index contributed by atoms with van der Waals surface area (Å²) < 4.78 is 1.32. The molecule has 0 radical (unpaired) electrons. The van der Waals surface area contributed by atoms with E-state index in [1.54, 1.807) is 5.57 Å². The molecule has 3 aromatic carbocycles. The van der Waals surface area contributed by atoms with Crippen LogP contribution in [0.1, 0.15) is 29.5 Å². The Morgan fingerprint density at radius 1 is 0.621 bits per heavy atom. The van der Waals surface area contributed by atoms with Gasteiger partial charge in [0.25, 0.3) is 0 Å². The Morgan fingerprint density at radius 2 is 1.10 bits per heavy atom. The van der Waals surface area contributed by atoms with Crippen molar-refractivity contribution in [1.29, 1.82) is 0 Å². The van der Waals surface area contributed by atoms with E-state index >= 15 is 0 Å². The number of nitrogens with zero attached hydrogens (tertiary/aromatic N) is 1. The zero-order valence-corrected chi connectivity index (χ0v) is 18.0. The molecule has 1 aliphatic heterocycles. The molecule has 5 rings (SSSR count). The minimum absolute atomic E-state index is 0.318. The van der Waals surface area contributed by atoms with Crippen LogP contribution in [0.2, 0.25) is 0 Å². The number of benzene rings is 3. The molecule has 0 unspecified atom stereocenters. The van der Waals surface area contributed by atoms with E-state index in [1.807, 2.05) is 0 Å².